The summed E-state index contributed by atoms with van der Waals surface area (Å²) in [7, 11) is 0. The number of anilines is 1. The Hall–Kier alpha value is -1.68. The molecule has 0 spiro atoms. The number of carbonyl (C=O) groups excluding carboxylic acids is 1. The van der Waals surface area contributed by atoms with E-state index < -0.39 is 0 Å². The highest BCUT2D eigenvalue weighted by Crippen LogP contribution is 2.19. The van der Waals surface area contributed by atoms with Gasteiger partial charge in [0.25, 0.3) is 0 Å². The van der Waals surface area contributed by atoms with Crippen molar-refractivity contribution in [2.45, 2.75) is 19.8 Å². The second kappa shape index (κ2) is 6.66. The van der Waals surface area contributed by atoms with Gasteiger partial charge in [0.15, 0.2) is 0 Å². The number of rotatable bonds is 4. The minimum Gasteiger partial charge on any atom is -0.326 e. The maximum atomic E-state index is 13.3. The summed E-state index contributed by atoms with van der Waals surface area (Å²) in [6, 6.07) is 12.5. The Morgan fingerprint density at radius 1 is 1.25 bits per heavy atom. The molecule has 0 unspecified atom stereocenters. The Morgan fingerprint density at radius 2 is 2.00 bits per heavy atom. The zero-order chi connectivity index (χ0) is 14.5. The molecule has 2 aromatic carbocycles. The van der Waals surface area contributed by atoms with Crippen LogP contribution >= 0.6 is 15.9 Å². The Labute approximate surface area is 126 Å². The molecule has 0 fully saturated rings. The van der Waals surface area contributed by atoms with Crippen LogP contribution in [0.5, 0.6) is 0 Å². The maximum Gasteiger partial charge on any atom is 0.224 e. The van der Waals surface area contributed by atoms with E-state index in [4.69, 9.17) is 0 Å². The molecule has 0 heterocycles. The summed E-state index contributed by atoms with van der Waals surface area (Å²) in [5.74, 6) is -0.503. The fourth-order valence-corrected chi connectivity index (χ4v) is 2.18. The highest BCUT2D eigenvalue weighted by molar-refractivity contribution is 9.10. The second-order valence-electron chi connectivity index (χ2n) is 4.60. The van der Waals surface area contributed by atoms with E-state index >= 15 is 0 Å². The van der Waals surface area contributed by atoms with Gasteiger partial charge >= 0.3 is 0 Å². The minimum atomic E-state index is -0.387. The summed E-state index contributed by atoms with van der Waals surface area (Å²) in [6.07, 6.45) is 1.06. The van der Waals surface area contributed by atoms with E-state index in [1.54, 1.807) is 12.1 Å². The molecule has 0 aliphatic rings. The number of benzene rings is 2. The fourth-order valence-electron chi connectivity index (χ4n) is 1.94. The number of halogens is 2. The highest BCUT2D eigenvalue weighted by atomic mass is 79.9. The first kappa shape index (κ1) is 14.7. The standard InChI is InChI=1S/C16H15BrFNO/c1-11-4-2-3-5-12(11)6-9-16(20)19-13-7-8-14(17)15(18)10-13/h2-5,7-8,10H,6,9H2,1H3,(H,19,20). The van der Waals surface area contributed by atoms with E-state index in [1.807, 2.05) is 31.2 Å². The molecule has 0 aliphatic heterocycles. The second-order valence-corrected chi connectivity index (χ2v) is 5.46. The lowest BCUT2D eigenvalue weighted by Gasteiger charge is -2.07. The van der Waals surface area contributed by atoms with Crippen LogP contribution in [-0.2, 0) is 11.2 Å². The maximum absolute atomic E-state index is 13.3. The fraction of sp³-hybridized carbons (Fsp3) is 0.188. The molecule has 0 aliphatic carbocycles. The molecule has 1 amide bonds. The average Bonchev–Trinajstić information content (AvgIpc) is 2.42. The van der Waals surface area contributed by atoms with Gasteiger partial charge in [0.1, 0.15) is 5.82 Å². The molecule has 20 heavy (non-hydrogen) atoms. The van der Waals surface area contributed by atoms with Gasteiger partial charge in [-0.1, -0.05) is 24.3 Å². The van der Waals surface area contributed by atoms with Crippen molar-refractivity contribution in [3.63, 3.8) is 0 Å². The summed E-state index contributed by atoms with van der Waals surface area (Å²) >= 11 is 3.08. The van der Waals surface area contributed by atoms with Gasteiger partial charge in [-0.2, -0.15) is 0 Å². The van der Waals surface area contributed by atoms with Gasteiger partial charge in [0.2, 0.25) is 5.91 Å². The number of carbonyl (C=O) groups is 1. The van der Waals surface area contributed by atoms with E-state index in [2.05, 4.69) is 21.2 Å². The number of hydrogen-bond acceptors (Lipinski definition) is 1. The molecule has 2 nitrogen and oxygen atoms in total. The van der Waals surface area contributed by atoms with Crippen LogP contribution in [0.1, 0.15) is 17.5 Å². The van der Waals surface area contributed by atoms with Crippen molar-refractivity contribution in [2.24, 2.45) is 0 Å². The molecule has 4 heteroatoms. The topological polar surface area (TPSA) is 29.1 Å². The zero-order valence-corrected chi connectivity index (χ0v) is 12.7. The van der Waals surface area contributed by atoms with Crippen LogP contribution in [0, 0.1) is 12.7 Å². The van der Waals surface area contributed by atoms with Crippen molar-refractivity contribution in [1.82, 2.24) is 0 Å². The van der Waals surface area contributed by atoms with Gasteiger partial charge in [-0.25, -0.2) is 4.39 Å². The highest BCUT2D eigenvalue weighted by Gasteiger charge is 2.06. The van der Waals surface area contributed by atoms with Crippen LogP contribution in [0.2, 0.25) is 0 Å². The Balaban J connectivity index is 1.93. The van der Waals surface area contributed by atoms with Crippen LogP contribution < -0.4 is 5.32 Å². The van der Waals surface area contributed by atoms with Gasteiger partial charge < -0.3 is 5.32 Å². The third kappa shape index (κ3) is 3.90. The minimum absolute atomic E-state index is 0.116. The van der Waals surface area contributed by atoms with E-state index in [0.29, 0.717) is 23.0 Å². The monoisotopic (exact) mass is 335 g/mol. The van der Waals surface area contributed by atoms with E-state index in [1.165, 1.54) is 11.6 Å². The number of nitrogens with one attached hydrogen (secondary N) is 1. The Bertz CT molecular complexity index is 628. The van der Waals surface area contributed by atoms with E-state index in [0.717, 1.165) is 5.56 Å². The first-order chi connectivity index (χ1) is 9.56. The molecule has 0 atom stereocenters. The smallest absolute Gasteiger partial charge is 0.224 e. The predicted molar refractivity (Wildman–Crippen MR) is 82.2 cm³/mol. The number of hydrogen-bond donors (Lipinski definition) is 1. The molecular weight excluding hydrogens is 321 g/mol. The zero-order valence-electron chi connectivity index (χ0n) is 11.1. The van der Waals surface area contributed by atoms with Crippen LogP contribution in [0.4, 0.5) is 10.1 Å². The average molecular weight is 336 g/mol. The molecule has 0 aromatic heterocycles. The molecule has 1 N–H and O–H groups in total. The van der Waals surface area contributed by atoms with Gasteiger partial charge in [-0.3, -0.25) is 4.79 Å². The van der Waals surface area contributed by atoms with Crippen LogP contribution in [0.15, 0.2) is 46.9 Å². The Morgan fingerprint density at radius 3 is 2.70 bits per heavy atom. The number of aryl methyl sites for hydroxylation is 2. The lowest BCUT2D eigenvalue weighted by atomic mass is 10.0. The van der Waals surface area contributed by atoms with E-state index in [9.17, 15) is 9.18 Å². The molecule has 2 rings (SSSR count). The third-order valence-electron chi connectivity index (χ3n) is 3.09. The van der Waals surface area contributed by atoms with Crippen molar-refractivity contribution in [1.29, 1.82) is 0 Å². The first-order valence-electron chi connectivity index (χ1n) is 6.35. The van der Waals surface area contributed by atoms with Crippen LogP contribution in [-0.4, -0.2) is 5.91 Å². The quantitative estimate of drug-likeness (QED) is 0.877. The lowest BCUT2D eigenvalue weighted by Crippen LogP contribution is -2.12. The molecule has 0 bridgehead atoms. The van der Waals surface area contributed by atoms with Crippen molar-refractivity contribution in [3.05, 3.63) is 63.9 Å². The van der Waals surface area contributed by atoms with Gasteiger partial charge in [-0.05, 0) is 58.6 Å². The summed E-state index contributed by atoms with van der Waals surface area (Å²) in [6.45, 7) is 2.03. The summed E-state index contributed by atoms with van der Waals surface area (Å²) in [5, 5.41) is 2.70. The largest absolute Gasteiger partial charge is 0.326 e. The first-order valence-corrected chi connectivity index (χ1v) is 7.15. The molecule has 0 saturated carbocycles. The summed E-state index contributed by atoms with van der Waals surface area (Å²) in [5.41, 5.74) is 2.81. The van der Waals surface area contributed by atoms with E-state index in [-0.39, 0.29) is 11.7 Å². The van der Waals surface area contributed by atoms with Crippen LogP contribution in [0.3, 0.4) is 0 Å². The molecule has 0 radical (unpaired) electrons. The predicted octanol–water partition coefficient (Wildman–Crippen LogP) is 4.47. The summed E-state index contributed by atoms with van der Waals surface area (Å²) in [4.78, 5) is 11.8. The third-order valence-corrected chi connectivity index (χ3v) is 3.73. The number of amides is 1. The van der Waals surface area contributed by atoms with Gasteiger partial charge in [0.05, 0.1) is 4.47 Å². The normalized spacial score (nSPS) is 10.3. The van der Waals surface area contributed by atoms with Gasteiger partial charge in [0, 0.05) is 12.1 Å². The molecular formula is C16H15BrFNO. The van der Waals surface area contributed by atoms with Gasteiger partial charge in [-0.15, -0.1) is 0 Å². The summed E-state index contributed by atoms with van der Waals surface area (Å²) < 4.78 is 13.7. The van der Waals surface area contributed by atoms with Crippen molar-refractivity contribution < 1.29 is 9.18 Å². The van der Waals surface area contributed by atoms with Crippen molar-refractivity contribution >= 4 is 27.5 Å². The SMILES string of the molecule is Cc1ccccc1CCC(=O)Nc1ccc(Br)c(F)c1. The lowest BCUT2D eigenvalue weighted by molar-refractivity contribution is -0.116. The van der Waals surface area contributed by atoms with Crippen LogP contribution in [0.25, 0.3) is 0 Å². The Kier molecular flexibility index (Phi) is 4.90. The van der Waals surface area contributed by atoms with Crippen molar-refractivity contribution in [2.75, 3.05) is 5.32 Å². The van der Waals surface area contributed by atoms with Crippen molar-refractivity contribution in [3.8, 4) is 0 Å². The molecule has 104 valence electrons. The molecule has 2 aromatic rings. The molecule has 0 saturated heterocycles.